The van der Waals surface area contributed by atoms with Crippen LogP contribution >= 0.6 is 11.6 Å². The SMILES string of the molecule is N#Cc1c(-c2cccc(C=Cc3ccc4ccccc4n3)c2)oc2ccc(Cl)cc2c1=O. The third-order valence-electron chi connectivity index (χ3n) is 5.18. The maximum Gasteiger partial charge on any atom is 0.211 e. The molecule has 2 heterocycles. The van der Waals surface area contributed by atoms with E-state index in [4.69, 9.17) is 16.0 Å². The Morgan fingerprint density at radius 1 is 0.938 bits per heavy atom. The van der Waals surface area contributed by atoms with Crippen molar-refractivity contribution >= 4 is 45.6 Å². The maximum absolute atomic E-state index is 12.8. The molecule has 0 fully saturated rings. The summed E-state index contributed by atoms with van der Waals surface area (Å²) in [5.41, 5.74) is 3.24. The summed E-state index contributed by atoms with van der Waals surface area (Å²) in [6.07, 6.45) is 3.86. The van der Waals surface area contributed by atoms with Crippen molar-refractivity contribution in [3.63, 3.8) is 0 Å². The van der Waals surface area contributed by atoms with Gasteiger partial charge in [-0.15, -0.1) is 0 Å². The lowest BCUT2D eigenvalue weighted by Gasteiger charge is -2.07. The predicted molar refractivity (Wildman–Crippen MR) is 128 cm³/mol. The van der Waals surface area contributed by atoms with Gasteiger partial charge in [0.05, 0.1) is 16.6 Å². The Morgan fingerprint density at radius 2 is 1.81 bits per heavy atom. The highest BCUT2D eigenvalue weighted by atomic mass is 35.5. The summed E-state index contributed by atoms with van der Waals surface area (Å²) >= 11 is 6.01. The van der Waals surface area contributed by atoms with E-state index in [2.05, 4.69) is 4.98 Å². The summed E-state index contributed by atoms with van der Waals surface area (Å²) < 4.78 is 5.95. The molecule has 0 bridgehead atoms. The Bertz CT molecular complexity index is 1630. The molecule has 152 valence electrons. The third kappa shape index (κ3) is 3.66. The minimum absolute atomic E-state index is 0.0444. The van der Waals surface area contributed by atoms with Crippen LogP contribution in [0.1, 0.15) is 16.8 Å². The maximum atomic E-state index is 12.8. The summed E-state index contributed by atoms with van der Waals surface area (Å²) in [4.78, 5) is 17.5. The van der Waals surface area contributed by atoms with Gasteiger partial charge in [0.1, 0.15) is 17.2 Å². The first-order valence-electron chi connectivity index (χ1n) is 9.93. The highest BCUT2D eigenvalue weighted by Crippen LogP contribution is 2.28. The van der Waals surface area contributed by atoms with Crippen LogP contribution in [0.5, 0.6) is 0 Å². The van der Waals surface area contributed by atoms with Crippen molar-refractivity contribution in [3.8, 4) is 17.4 Å². The second-order valence-corrected chi connectivity index (χ2v) is 7.71. The largest absolute Gasteiger partial charge is 0.454 e. The number of hydrogen-bond acceptors (Lipinski definition) is 4. The van der Waals surface area contributed by atoms with Crippen molar-refractivity contribution in [2.45, 2.75) is 0 Å². The Labute approximate surface area is 188 Å². The lowest BCUT2D eigenvalue weighted by molar-refractivity contribution is 0.617. The zero-order valence-electron chi connectivity index (χ0n) is 16.7. The van der Waals surface area contributed by atoms with Gasteiger partial charge in [-0.3, -0.25) is 4.79 Å². The number of fused-ring (bicyclic) bond motifs is 2. The van der Waals surface area contributed by atoms with Crippen molar-refractivity contribution in [1.29, 1.82) is 5.26 Å². The molecular formula is C27H15ClN2O2. The zero-order chi connectivity index (χ0) is 22.1. The molecule has 0 atom stereocenters. The smallest absolute Gasteiger partial charge is 0.211 e. The second-order valence-electron chi connectivity index (χ2n) is 7.28. The van der Waals surface area contributed by atoms with Crippen LogP contribution in [0.15, 0.2) is 88.1 Å². The van der Waals surface area contributed by atoms with Gasteiger partial charge in [-0.05, 0) is 48.0 Å². The van der Waals surface area contributed by atoms with Gasteiger partial charge in [-0.2, -0.15) is 5.26 Å². The lowest BCUT2D eigenvalue weighted by Crippen LogP contribution is -2.08. The number of nitrogens with zero attached hydrogens (tertiary/aromatic N) is 2. The van der Waals surface area contributed by atoms with Crippen LogP contribution in [0.4, 0.5) is 0 Å². The molecule has 0 N–H and O–H groups in total. The van der Waals surface area contributed by atoms with Crippen molar-refractivity contribution in [2.24, 2.45) is 0 Å². The van der Waals surface area contributed by atoms with Crippen LogP contribution in [0, 0.1) is 11.3 Å². The van der Waals surface area contributed by atoms with Gasteiger partial charge in [0.25, 0.3) is 0 Å². The molecule has 32 heavy (non-hydrogen) atoms. The summed E-state index contributed by atoms with van der Waals surface area (Å²) in [6, 6.07) is 26.2. The minimum Gasteiger partial charge on any atom is -0.454 e. The topological polar surface area (TPSA) is 66.9 Å². The molecular weight excluding hydrogens is 420 g/mol. The van der Waals surface area contributed by atoms with Gasteiger partial charge in [-0.1, -0.05) is 60.1 Å². The molecule has 2 aromatic heterocycles. The average Bonchev–Trinajstić information content (AvgIpc) is 2.83. The zero-order valence-corrected chi connectivity index (χ0v) is 17.5. The van der Waals surface area contributed by atoms with Crippen molar-refractivity contribution < 1.29 is 4.42 Å². The molecule has 0 amide bonds. The molecule has 0 aliphatic heterocycles. The van der Waals surface area contributed by atoms with Crippen LogP contribution in [0.2, 0.25) is 5.02 Å². The van der Waals surface area contributed by atoms with E-state index in [9.17, 15) is 10.1 Å². The van der Waals surface area contributed by atoms with E-state index in [1.807, 2.05) is 78.9 Å². The van der Waals surface area contributed by atoms with E-state index in [0.29, 0.717) is 16.2 Å². The van der Waals surface area contributed by atoms with E-state index in [0.717, 1.165) is 22.2 Å². The Hall–Kier alpha value is -4.20. The van der Waals surface area contributed by atoms with Crippen LogP contribution in [-0.2, 0) is 0 Å². The molecule has 5 rings (SSSR count). The number of pyridine rings is 1. The van der Waals surface area contributed by atoms with E-state index in [1.165, 1.54) is 6.07 Å². The van der Waals surface area contributed by atoms with E-state index in [1.54, 1.807) is 12.1 Å². The standard InChI is InChI=1S/C27H15ClN2O2/c28-20-10-13-25-22(15-20)26(31)23(16-29)27(32-25)19-6-3-4-17(14-19)8-11-21-12-9-18-5-1-2-7-24(18)30-21/h1-15H. The molecule has 0 aliphatic carbocycles. The summed E-state index contributed by atoms with van der Waals surface area (Å²) in [5, 5.41) is 11.4. The summed E-state index contributed by atoms with van der Waals surface area (Å²) in [5.74, 6) is 0.242. The Morgan fingerprint density at radius 3 is 2.69 bits per heavy atom. The van der Waals surface area contributed by atoms with Gasteiger partial charge >= 0.3 is 0 Å². The fourth-order valence-electron chi connectivity index (χ4n) is 3.61. The number of benzene rings is 3. The van der Waals surface area contributed by atoms with Crippen LogP contribution in [0.3, 0.4) is 0 Å². The monoisotopic (exact) mass is 434 g/mol. The molecule has 3 aromatic carbocycles. The van der Waals surface area contributed by atoms with E-state index in [-0.39, 0.29) is 16.7 Å². The highest BCUT2D eigenvalue weighted by molar-refractivity contribution is 6.31. The number of para-hydroxylation sites is 1. The predicted octanol–water partition coefficient (Wildman–Crippen LogP) is 6.70. The lowest BCUT2D eigenvalue weighted by atomic mass is 10.0. The van der Waals surface area contributed by atoms with Crippen molar-refractivity contribution in [1.82, 2.24) is 4.98 Å². The number of nitriles is 1. The first-order valence-corrected chi connectivity index (χ1v) is 10.3. The van der Waals surface area contributed by atoms with Crippen molar-refractivity contribution in [3.05, 3.63) is 111 Å². The molecule has 5 aromatic rings. The third-order valence-corrected chi connectivity index (χ3v) is 5.41. The fraction of sp³-hybridized carbons (Fsp3) is 0. The molecule has 0 saturated carbocycles. The van der Waals surface area contributed by atoms with Crippen LogP contribution in [0.25, 0.3) is 45.3 Å². The van der Waals surface area contributed by atoms with E-state index >= 15 is 0 Å². The van der Waals surface area contributed by atoms with E-state index < -0.39 is 5.43 Å². The van der Waals surface area contributed by atoms with Crippen LogP contribution in [-0.4, -0.2) is 4.98 Å². The minimum atomic E-state index is -0.396. The number of aromatic nitrogens is 1. The normalized spacial score (nSPS) is 11.2. The molecule has 5 heteroatoms. The first kappa shape index (κ1) is 19.7. The molecule has 0 unspecified atom stereocenters. The number of rotatable bonds is 3. The molecule has 4 nitrogen and oxygen atoms in total. The average molecular weight is 435 g/mol. The molecule has 0 saturated heterocycles. The summed E-state index contributed by atoms with van der Waals surface area (Å²) in [7, 11) is 0. The molecule has 0 radical (unpaired) electrons. The highest BCUT2D eigenvalue weighted by Gasteiger charge is 2.16. The molecule has 0 spiro atoms. The molecule has 0 aliphatic rings. The Balaban J connectivity index is 1.56. The van der Waals surface area contributed by atoms with Gasteiger partial charge < -0.3 is 4.42 Å². The Kier molecular flexibility index (Phi) is 5.03. The van der Waals surface area contributed by atoms with Crippen LogP contribution < -0.4 is 5.43 Å². The first-order chi connectivity index (χ1) is 15.6. The number of hydrogen-bond donors (Lipinski definition) is 0. The fourth-order valence-corrected chi connectivity index (χ4v) is 3.78. The van der Waals surface area contributed by atoms with Gasteiger partial charge in [-0.25, -0.2) is 4.98 Å². The van der Waals surface area contributed by atoms with Gasteiger partial charge in [0, 0.05) is 16.0 Å². The van der Waals surface area contributed by atoms with Crippen molar-refractivity contribution in [2.75, 3.05) is 0 Å². The quantitative estimate of drug-likeness (QED) is 0.316. The van der Waals surface area contributed by atoms with Gasteiger partial charge in [0.15, 0.2) is 5.76 Å². The summed E-state index contributed by atoms with van der Waals surface area (Å²) in [6.45, 7) is 0. The van der Waals surface area contributed by atoms with Gasteiger partial charge in [0.2, 0.25) is 5.43 Å². The second kappa shape index (κ2) is 8.14. The number of halogens is 1.